The minimum Gasteiger partial charge on any atom is -0.497 e. The first kappa shape index (κ1) is 17.4. The van der Waals surface area contributed by atoms with Gasteiger partial charge in [0.1, 0.15) is 11.8 Å². The summed E-state index contributed by atoms with van der Waals surface area (Å²) in [5.74, 6) is 0.864. The van der Waals surface area contributed by atoms with Crippen LogP contribution in [0.2, 0.25) is 0 Å². The molecule has 3 aromatic rings. The minimum atomic E-state index is 0.0305. The lowest BCUT2D eigenvalue weighted by Crippen LogP contribution is -2.28. The maximum atomic E-state index is 5.27. The van der Waals surface area contributed by atoms with E-state index < -0.39 is 0 Å². The average molecular weight is 391 g/mol. The monoisotopic (exact) mass is 390 g/mol. The summed E-state index contributed by atoms with van der Waals surface area (Å²) in [5.41, 5.74) is 3.41. The predicted octanol–water partition coefficient (Wildman–Crippen LogP) is 4.47. The SMILES string of the molecule is COc1ccc(-n2ccc([C@@H]3[C@H](c4ccccn4)N=C4S[C@H](C)CN43)c2)cc1. The van der Waals surface area contributed by atoms with Crippen LogP contribution in [0.15, 0.2) is 72.1 Å². The quantitative estimate of drug-likeness (QED) is 0.659. The second kappa shape index (κ2) is 7.02. The van der Waals surface area contributed by atoms with Crippen LogP contribution in [0.5, 0.6) is 5.75 Å². The zero-order valence-electron chi connectivity index (χ0n) is 15.9. The number of benzene rings is 1. The molecule has 1 aromatic carbocycles. The van der Waals surface area contributed by atoms with Crippen molar-refractivity contribution in [1.29, 1.82) is 0 Å². The van der Waals surface area contributed by atoms with Crippen LogP contribution in [0.4, 0.5) is 0 Å². The van der Waals surface area contributed by atoms with Gasteiger partial charge in [-0.1, -0.05) is 24.8 Å². The summed E-state index contributed by atoms with van der Waals surface area (Å²) in [6.07, 6.45) is 6.19. The molecule has 0 aliphatic carbocycles. The van der Waals surface area contributed by atoms with Crippen LogP contribution in [0.3, 0.4) is 0 Å². The number of aliphatic imine (C=N–C) groups is 1. The number of amidine groups is 1. The van der Waals surface area contributed by atoms with Gasteiger partial charge in [-0.15, -0.1) is 0 Å². The van der Waals surface area contributed by atoms with E-state index in [0.29, 0.717) is 5.25 Å². The van der Waals surface area contributed by atoms with Crippen molar-refractivity contribution in [3.05, 3.63) is 78.4 Å². The first-order valence-corrected chi connectivity index (χ1v) is 10.4. The standard InChI is InChI=1S/C22H22N4OS/c1-15-13-26-21(20(24-22(26)28-15)19-5-3-4-11-23-19)16-10-12-25(14-16)17-6-8-18(27-2)9-7-17/h3-12,14-15,20-21H,13H2,1-2H3/t15-,20+,21-/m1/s1. The molecule has 28 heavy (non-hydrogen) atoms. The van der Waals surface area contributed by atoms with Crippen LogP contribution in [0.25, 0.3) is 5.69 Å². The molecule has 0 unspecified atom stereocenters. The molecule has 0 bridgehead atoms. The Labute approximate surface area is 169 Å². The van der Waals surface area contributed by atoms with Crippen molar-refractivity contribution in [2.45, 2.75) is 24.3 Å². The Bertz CT molecular complexity index is 999. The highest BCUT2D eigenvalue weighted by Gasteiger charge is 2.43. The molecule has 2 aliphatic rings. The van der Waals surface area contributed by atoms with Gasteiger partial charge in [-0.25, -0.2) is 0 Å². The maximum absolute atomic E-state index is 5.27. The molecule has 5 nitrogen and oxygen atoms in total. The molecule has 0 radical (unpaired) electrons. The van der Waals surface area contributed by atoms with E-state index in [1.807, 2.05) is 42.2 Å². The van der Waals surface area contributed by atoms with Gasteiger partial charge in [0, 0.05) is 36.1 Å². The molecule has 0 spiro atoms. The van der Waals surface area contributed by atoms with Crippen molar-refractivity contribution >= 4 is 16.9 Å². The van der Waals surface area contributed by atoms with Crippen molar-refractivity contribution in [1.82, 2.24) is 14.5 Å². The Hall–Kier alpha value is -2.73. The Morgan fingerprint density at radius 3 is 2.71 bits per heavy atom. The summed E-state index contributed by atoms with van der Waals surface area (Å²) in [4.78, 5) is 12.1. The van der Waals surface area contributed by atoms with Gasteiger partial charge in [0.05, 0.1) is 18.8 Å². The second-order valence-corrected chi connectivity index (χ2v) is 8.59. The minimum absolute atomic E-state index is 0.0305. The summed E-state index contributed by atoms with van der Waals surface area (Å²) in [6, 6.07) is 16.6. The van der Waals surface area contributed by atoms with Crippen LogP contribution in [0, 0.1) is 0 Å². The Kier molecular flexibility index (Phi) is 4.36. The molecule has 142 valence electrons. The van der Waals surface area contributed by atoms with E-state index in [1.54, 1.807) is 7.11 Å². The molecule has 4 heterocycles. The number of rotatable bonds is 4. The summed E-state index contributed by atoms with van der Waals surface area (Å²) < 4.78 is 7.43. The summed E-state index contributed by atoms with van der Waals surface area (Å²) in [7, 11) is 1.69. The largest absolute Gasteiger partial charge is 0.497 e. The number of hydrogen-bond acceptors (Lipinski definition) is 5. The molecule has 1 saturated heterocycles. The van der Waals surface area contributed by atoms with E-state index in [9.17, 15) is 0 Å². The van der Waals surface area contributed by atoms with Crippen LogP contribution in [-0.2, 0) is 0 Å². The maximum Gasteiger partial charge on any atom is 0.160 e. The molecule has 2 aromatic heterocycles. The molecule has 3 atom stereocenters. The number of nitrogens with zero attached hydrogens (tertiary/aromatic N) is 4. The van der Waals surface area contributed by atoms with Gasteiger partial charge in [0.15, 0.2) is 5.17 Å². The van der Waals surface area contributed by atoms with Gasteiger partial charge in [-0.2, -0.15) is 0 Å². The molecule has 0 saturated carbocycles. The molecule has 1 fully saturated rings. The Morgan fingerprint density at radius 2 is 1.96 bits per heavy atom. The topological polar surface area (TPSA) is 42.6 Å². The fourth-order valence-corrected chi connectivity index (χ4v) is 5.07. The fourth-order valence-electron chi connectivity index (χ4n) is 3.98. The third-order valence-corrected chi connectivity index (χ3v) is 6.41. The first-order valence-electron chi connectivity index (χ1n) is 9.47. The Morgan fingerprint density at radius 1 is 1.11 bits per heavy atom. The van der Waals surface area contributed by atoms with E-state index in [0.717, 1.165) is 28.8 Å². The molecule has 0 amide bonds. The second-order valence-electron chi connectivity index (χ2n) is 7.19. The molecule has 6 heteroatoms. The molecular formula is C22H22N4OS. The van der Waals surface area contributed by atoms with Gasteiger partial charge in [-0.05, 0) is 48.0 Å². The zero-order valence-corrected chi connectivity index (χ0v) is 16.7. The van der Waals surface area contributed by atoms with E-state index in [2.05, 4.69) is 58.0 Å². The number of aromatic nitrogens is 2. The normalized spacial score (nSPS) is 23.6. The van der Waals surface area contributed by atoms with Gasteiger partial charge in [-0.3, -0.25) is 9.98 Å². The zero-order chi connectivity index (χ0) is 19.1. The van der Waals surface area contributed by atoms with E-state index in [-0.39, 0.29) is 12.1 Å². The van der Waals surface area contributed by atoms with Crippen LogP contribution >= 0.6 is 11.8 Å². The van der Waals surface area contributed by atoms with Crippen LogP contribution < -0.4 is 4.74 Å². The molecular weight excluding hydrogens is 368 g/mol. The Balaban J connectivity index is 1.50. The highest BCUT2D eigenvalue weighted by molar-refractivity contribution is 8.14. The smallest absolute Gasteiger partial charge is 0.160 e. The van der Waals surface area contributed by atoms with Gasteiger partial charge in [0.2, 0.25) is 0 Å². The van der Waals surface area contributed by atoms with E-state index >= 15 is 0 Å². The summed E-state index contributed by atoms with van der Waals surface area (Å²) in [6.45, 7) is 3.28. The highest BCUT2D eigenvalue weighted by atomic mass is 32.2. The number of thioether (sulfide) groups is 1. The molecule has 5 rings (SSSR count). The van der Waals surface area contributed by atoms with Crippen molar-refractivity contribution in [2.75, 3.05) is 13.7 Å². The highest BCUT2D eigenvalue weighted by Crippen LogP contribution is 2.47. The lowest BCUT2D eigenvalue weighted by molar-refractivity contribution is 0.321. The number of methoxy groups -OCH3 is 1. The third kappa shape index (κ3) is 2.98. The number of pyridine rings is 1. The average Bonchev–Trinajstić information content (AvgIpc) is 3.43. The van der Waals surface area contributed by atoms with Crippen molar-refractivity contribution in [3.8, 4) is 11.4 Å². The number of hydrogen-bond donors (Lipinski definition) is 0. The van der Waals surface area contributed by atoms with E-state index in [4.69, 9.17) is 9.73 Å². The van der Waals surface area contributed by atoms with Gasteiger partial charge in [0.25, 0.3) is 0 Å². The lowest BCUT2D eigenvalue weighted by atomic mass is 9.99. The van der Waals surface area contributed by atoms with Crippen LogP contribution in [0.1, 0.15) is 30.3 Å². The van der Waals surface area contributed by atoms with Crippen molar-refractivity contribution in [3.63, 3.8) is 0 Å². The van der Waals surface area contributed by atoms with Gasteiger partial charge < -0.3 is 14.2 Å². The predicted molar refractivity (Wildman–Crippen MR) is 113 cm³/mol. The van der Waals surface area contributed by atoms with Gasteiger partial charge >= 0.3 is 0 Å². The number of fused-ring (bicyclic) bond motifs is 1. The van der Waals surface area contributed by atoms with Crippen LogP contribution in [-0.4, -0.2) is 38.5 Å². The summed E-state index contributed by atoms with van der Waals surface area (Å²) in [5, 5.41) is 1.71. The summed E-state index contributed by atoms with van der Waals surface area (Å²) >= 11 is 1.87. The van der Waals surface area contributed by atoms with E-state index in [1.165, 1.54) is 5.56 Å². The lowest BCUT2D eigenvalue weighted by Gasteiger charge is -2.26. The fraction of sp³-hybridized carbons (Fsp3) is 0.273. The third-order valence-electron chi connectivity index (χ3n) is 5.31. The first-order chi connectivity index (χ1) is 13.7. The van der Waals surface area contributed by atoms with Crippen molar-refractivity contribution in [2.24, 2.45) is 4.99 Å². The van der Waals surface area contributed by atoms with Crippen molar-refractivity contribution < 1.29 is 4.74 Å². The number of ether oxygens (including phenoxy) is 1. The molecule has 2 aliphatic heterocycles. The molecule has 0 N–H and O–H groups in total.